The van der Waals surface area contributed by atoms with Gasteiger partial charge >= 0.3 is 0 Å². The summed E-state index contributed by atoms with van der Waals surface area (Å²) in [7, 11) is 0. The van der Waals surface area contributed by atoms with Crippen LogP contribution in [0.25, 0.3) is 11.3 Å². The molecule has 0 fully saturated rings. The molecule has 2 aromatic rings. The maximum atomic E-state index is 11.2. The van der Waals surface area contributed by atoms with Crippen LogP contribution in [0.3, 0.4) is 0 Å². The third-order valence-corrected chi connectivity index (χ3v) is 2.92. The molecule has 18 heavy (non-hydrogen) atoms. The van der Waals surface area contributed by atoms with Gasteiger partial charge in [-0.15, -0.1) is 0 Å². The molecule has 3 rings (SSSR count). The number of fused-ring (bicyclic) bond motifs is 1. The number of nitrogens with zero attached hydrogens (tertiary/aromatic N) is 1. The number of Topliss-reactive ketones (excluding diaryl/α,β-unsaturated/α-hetero) is 1. The number of aryl methyl sites for hydroxylation is 1. The first-order valence-electron chi connectivity index (χ1n) is 5.61. The second-order valence-electron chi connectivity index (χ2n) is 4.22. The van der Waals surface area contributed by atoms with E-state index in [1.165, 1.54) is 6.92 Å². The SMILES string of the molecule is CC(=O)c1ncc(-c2cc3c(cc2C)OCO3)[nH]1. The van der Waals surface area contributed by atoms with E-state index in [-0.39, 0.29) is 12.6 Å². The smallest absolute Gasteiger partial charge is 0.231 e. The summed E-state index contributed by atoms with van der Waals surface area (Å²) in [5.74, 6) is 1.75. The molecule has 5 nitrogen and oxygen atoms in total. The zero-order valence-electron chi connectivity index (χ0n) is 10.1. The summed E-state index contributed by atoms with van der Waals surface area (Å²) < 4.78 is 10.7. The Bertz CT molecular complexity index is 631. The molecule has 92 valence electrons. The number of nitrogens with one attached hydrogen (secondary N) is 1. The summed E-state index contributed by atoms with van der Waals surface area (Å²) >= 11 is 0. The average Bonchev–Trinajstić information content (AvgIpc) is 2.94. The number of hydrogen-bond donors (Lipinski definition) is 1. The van der Waals surface area contributed by atoms with Crippen LogP contribution in [0.1, 0.15) is 23.1 Å². The van der Waals surface area contributed by atoms with Crippen molar-refractivity contribution >= 4 is 5.78 Å². The Morgan fingerprint density at radius 1 is 1.33 bits per heavy atom. The van der Waals surface area contributed by atoms with E-state index >= 15 is 0 Å². The third kappa shape index (κ3) is 1.64. The Kier molecular flexibility index (Phi) is 2.33. The average molecular weight is 244 g/mol. The van der Waals surface area contributed by atoms with Crippen molar-refractivity contribution in [3.8, 4) is 22.8 Å². The molecule has 1 N–H and O–H groups in total. The number of imidazole rings is 1. The molecular formula is C13H12N2O3. The number of hydrogen-bond acceptors (Lipinski definition) is 4. The summed E-state index contributed by atoms with van der Waals surface area (Å²) in [6.45, 7) is 3.71. The van der Waals surface area contributed by atoms with Gasteiger partial charge in [0.25, 0.3) is 0 Å². The van der Waals surface area contributed by atoms with Crippen LogP contribution in [0.15, 0.2) is 18.3 Å². The van der Waals surface area contributed by atoms with Gasteiger partial charge in [0.05, 0.1) is 11.9 Å². The molecule has 1 aliphatic rings. The lowest BCUT2D eigenvalue weighted by Crippen LogP contribution is -1.94. The summed E-state index contributed by atoms with van der Waals surface area (Å²) in [4.78, 5) is 18.3. The predicted octanol–water partition coefficient (Wildman–Crippen LogP) is 2.32. The van der Waals surface area contributed by atoms with E-state index < -0.39 is 0 Å². The van der Waals surface area contributed by atoms with Crippen LogP contribution >= 0.6 is 0 Å². The Labute approximate surface area is 104 Å². The van der Waals surface area contributed by atoms with Crippen molar-refractivity contribution in [3.63, 3.8) is 0 Å². The van der Waals surface area contributed by atoms with E-state index in [0.29, 0.717) is 5.82 Å². The number of ketones is 1. The molecule has 0 bridgehead atoms. The van der Waals surface area contributed by atoms with Crippen molar-refractivity contribution in [3.05, 3.63) is 29.7 Å². The maximum Gasteiger partial charge on any atom is 0.231 e. The van der Waals surface area contributed by atoms with E-state index in [0.717, 1.165) is 28.3 Å². The molecule has 1 aliphatic heterocycles. The van der Waals surface area contributed by atoms with Crippen LogP contribution in [-0.4, -0.2) is 22.5 Å². The minimum absolute atomic E-state index is 0.0837. The molecule has 0 spiro atoms. The summed E-state index contributed by atoms with van der Waals surface area (Å²) in [5.41, 5.74) is 2.80. The van der Waals surface area contributed by atoms with Gasteiger partial charge in [-0.2, -0.15) is 0 Å². The second kappa shape index (κ2) is 3.87. The van der Waals surface area contributed by atoms with Crippen LogP contribution in [0, 0.1) is 6.92 Å². The molecule has 1 aromatic heterocycles. The zero-order valence-corrected chi connectivity index (χ0v) is 10.1. The van der Waals surface area contributed by atoms with Crippen LogP contribution in [0.4, 0.5) is 0 Å². The largest absolute Gasteiger partial charge is 0.454 e. The van der Waals surface area contributed by atoms with Crippen LogP contribution in [-0.2, 0) is 0 Å². The first-order chi connectivity index (χ1) is 8.65. The van der Waals surface area contributed by atoms with Gasteiger partial charge in [0.15, 0.2) is 23.1 Å². The normalized spacial score (nSPS) is 12.8. The van der Waals surface area contributed by atoms with Crippen LogP contribution in [0.5, 0.6) is 11.5 Å². The van der Waals surface area contributed by atoms with Crippen molar-refractivity contribution in [2.75, 3.05) is 6.79 Å². The number of benzene rings is 1. The van der Waals surface area contributed by atoms with Crippen molar-refractivity contribution in [2.45, 2.75) is 13.8 Å². The standard InChI is InChI=1S/C13H12N2O3/c1-7-3-11-12(18-6-17-11)4-9(7)10-5-14-13(15-10)8(2)16/h3-5H,6H2,1-2H3,(H,14,15). The number of rotatable bonds is 2. The molecule has 1 aromatic carbocycles. The highest BCUT2D eigenvalue weighted by Gasteiger charge is 2.17. The maximum absolute atomic E-state index is 11.2. The topological polar surface area (TPSA) is 64.2 Å². The van der Waals surface area contributed by atoms with Gasteiger partial charge in [-0.1, -0.05) is 0 Å². The fraction of sp³-hybridized carbons (Fsp3) is 0.231. The molecule has 2 heterocycles. The molecule has 0 unspecified atom stereocenters. The number of carbonyl (C=O) groups is 1. The Hall–Kier alpha value is -2.30. The van der Waals surface area contributed by atoms with Gasteiger partial charge < -0.3 is 14.5 Å². The summed E-state index contributed by atoms with van der Waals surface area (Å²) in [5, 5.41) is 0. The molecule has 0 saturated carbocycles. The monoisotopic (exact) mass is 244 g/mol. The lowest BCUT2D eigenvalue weighted by molar-refractivity contribution is 0.100. The molecule has 0 amide bonds. The quantitative estimate of drug-likeness (QED) is 0.823. The summed E-state index contributed by atoms with van der Waals surface area (Å²) in [6.07, 6.45) is 1.65. The van der Waals surface area contributed by atoms with Crippen molar-refractivity contribution in [1.82, 2.24) is 9.97 Å². The molecule has 5 heteroatoms. The zero-order chi connectivity index (χ0) is 12.7. The van der Waals surface area contributed by atoms with Crippen molar-refractivity contribution in [2.24, 2.45) is 0 Å². The number of aromatic nitrogens is 2. The Morgan fingerprint density at radius 3 is 2.72 bits per heavy atom. The first kappa shape index (κ1) is 10.8. The minimum Gasteiger partial charge on any atom is -0.454 e. The lowest BCUT2D eigenvalue weighted by atomic mass is 10.1. The fourth-order valence-electron chi connectivity index (χ4n) is 1.97. The van der Waals surface area contributed by atoms with E-state index in [9.17, 15) is 4.79 Å². The molecule has 0 atom stereocenters. The van der Waals surface area contributed by atoms with Gasteiger partial charge in [-0.05, 0) is 24.6 Å². The van der Waals surface area contributed by atoms with Crippen molar-refractivity contribution in [1.29, 1.82) is 0 Å². The third-order valence-electron chi connectivity index (χ3n) is 2.92. The first-order valence-corrected chi connectivity index (χ1v) is 5.61. The van der Waals surface area contributed by atoms with Crippen LogP contribution < -0.4 is 9.47 Å². The predicted molar refractivity (Wildman–Crippen MR) is 64.9 cm³/mol. The molecule has 0 aliphatic carbocycles. The van der Waals surface area contributed by atoms with E-state index in [2.05, 4.69) is 9.97 Å². The molecule has 0 saturated heterocycles. The number of carbonyl (C=O) groups excluding carboxylic acids is 1. The number of H-pyrrole nitrogens is 1. The molecule has 0 radical (unpaired) electrons. The van der Waals surface area contributed by atoms with Crippen molar-refractivity contribution < 1.29 is 14.3 Å². The Morgan fingerprint density at radius 2 is 2.06 bits per heavy atom. The molecular weight excluding hydrogens is 232 g/mol. The van der Waals surface area contributed by atoms with Gasteiger partial charge in [-0.3, -0.25) is 4.79 Å². The van der Waals surface area contributed by atoms with Crippen LogP contribution in [0.2, 0.25) is 0 Å². The highest BCUT2D eigenvalue weighted by Crippen LogP contribution is 2.37. The van der Waals surface area contributed by atoms with Gasteiger partial charge in [0.2, 0.25) is 6.79 Å². The van der Waals surface area contributed by atoms with Gasteiger partial charge in [0.1, 0.15) is 0 Å². The minimum atomic E-state index is -0.0837. The van der Waals surface area contributed by atoms with E-state index in [1.807, 2.05) is 19.1 Å². The number of aromatic amines is 1. The number of ether oxygens (including phenoxy) is 2. The highest BCUT2D eigenvalue weighted by molar-refractivity contribution is 5.91. The van der Waals surface area contributed by atoms with Gasteiger partial charge in [0, 0.05) is 12.5 Å². The van der Waals surface area contributed by atoms with Gasteiger partial charge in [-0.25, -0.2) is 4.98 Å². The Balaban J connectivity index is 2.08. The van der Waals surface area contributed by atoms with E-state index in [4.69, 9.17) is 9.47 Å². The fourth-order valence-corrected chi connectivity index (χ4v) is 1.97. The van der Waals surface area contributed by atoms with E-state index in [1.54, 1.807) is 6.20 Å². The highest BCUT2D eigenvalue weighted by atomic mass is 16.7. The summed E-state index contributed by atoms with van der Waals surface area (Å²) in [6, 6.07) is 3.82. The lowest BCUT2D eigenvalue weighted by Gasteiger charge is -2.05. The second-order valence-corrected chi connectivity index (χ2v) is 4.22.